The van der Waals surface area contributed by atoms with Gasteiger partial charge in [-0.25, -0.2) is 0 Å². The Kier molecular flexibility index (Phi) is 3.31. The fourth-order valence-electron chi connectivity index (χ4n) is 0.934. The molecule has 3 heteroatoms. The maximum Gasteiger partial charge on any atom is 0.172 e. The van der Waals surface area contributed by atoms with Crippen molar-refractivity contribution in [2.75, 3.05) is 5.75 Å². The molecule has 0 aliphatic carbocycles. The van der Waals surface area contributed by atoms with E-state index in [-0.39, 0.29) is 18.1 Å². The molecule has 2 nitrogen and oxygen atoms in total. The number of hydrogen-bond donors (Lipinski definition) is 2. The van der Waals surface area contributed by atoms with Gasteiger partial charge in [-0.15, -0.1) is 0 Å². The van der Waals surface area contributed by atoms with Gasteiger partial charge in [-0.3, -0.25) is 4.79 Å². The summed E-state index contributed by atoms with van der Waals surface area (Å²) in [5, 5.41) is 8.79. The second kappa shape index (κ2) is 4.28. The highest BCUT2D eigenvalue weighted by Gasteiger charge is 2.02. The van der Waals surface area contributed by atoms with Crippen molar-refractivity contribution in [2.24, 2.45) is 0 Å². The van der Waals surface area contributed by atoms with E-state index in [2.05, 4.69) is 12.6 Å². The van der Waals surface area contributed by atoms with Gasteiger partial charge in [-0.05, 0) is 11.6 Å². The van der Waals surface area contributed by atoms with E-state index in [0.717, 1.165) is 5.56 Å². The van der Waals surface area contributed by atoms with Crippen LogP contribution >= 0.6 is 12.6 Å². The first-order valence-electron chi connectivity index (χ1n) is 3.62. The van der Waals surface area contributed by atoms with Gasteiger partial charge in [0.2, 0.25) is 0 Å². The van der Waals surface area contributed by atoms with E-state index >= 15 is 0 Å². The summed E-state index contributed by atoms with van der Waals surface area (Å²) in [5.74, 6) is 0.183. The van der Waals surface area contributed by atoms with Crippen LogP contribution in [0, 0.1) is 0 Å². The Morgan fingerprint density at radius 3 is 2.83 bits per heavy atom. The lowest BCUT2D eigenvalue weighted by molar-refractivity contribution is 0.102. The molecule has 0 radical (unpaired) electrons. The SMILES string of the molecule is O=C(CS)c1cccc(CO)c1. The molecule has 0 unspecified atom stereocenters. The Bertz CT molecular complexity index is 284. The molecule has 1 N–H and O–H groups in total. The number of Topliss-reactive ketones (excluding diaryl/α,β-unsaturated/α-hetero) is 1. The van der Waals surface area contributed by atoms with Gasteiger partial charge in [0, 0.05) is 5.56 Å². The number of aliphatic hydroxyl groups is 1. The van der Waals surface area contributed by atoms with Crippen LogP contribution in [0.5, 0.6) is 0 Å². The predicted octanol–water partition coefficient (Wildman–Crippen LogP) is 1.29. The summed E-state index contributed by atoms with van der Waals surface area (Å²) in [4.78, 5) is 11.1. The van der Waals surface area contributed by atoms with Crippen LogP contribution in [-0.2, 0) is 6.61 Å². The standard InChI is InChI=1S/C9H10O2S/c10-5-7-2-1-3-8(4-7)9(11)6-12/h1-4,10,12H,5-6H2. The number of benzene rings is 1. The number of thiol groups is 1. The second-order valence-electron chi connectivity index (χ2n) is 2.44. The summed E-state index contributed by atoms with van der Waals surface area (Å²) in [6.45, 7) is -0.0340. The van der Waals surface area contributed by atoms with Crippen molar-refractivity contribution in [3.8, 4) is 0 Å². The summed E-state index contributed by atoms with van der Waals surface area (Å²) in [6, 6.07) is 6.92. The molecule has 0 saturated carbocycles. The molecule has 0 spiro atoms. The maximum absolute atomic E-state index is 11.1. The molecule has 64 valence electrons. The minimum atomic E-state index is -0.0340. The fraction of sp³-hybridized carbons (Fsp3) is 0.222. The first kappa shape index (κ1) is 9.29. The summed E-state index contributed by atoms with van der Waals surface area (Å²) in [6.07, 6.45) is 0. The van der Waals surface area contributed by atoms with Crippen molar-refractivity contribution in [1.82, 2.24) is 0 Å². The van der Waals surface area contributed by atoms with Crippen LogP contribution in [0.4, 0.5) is 0 Å². The van der Waals surface area contributed by atoms with Gasteiger partial charge >= 0.3 is 0 Å². The van der Waals surface area contributed by atoms with Crippen molar-refractivity contribution in [3.63, 3.8) is 0 Å². The van der Waals surface area contributed by atoms with Crippen molar-refractivity contribution < 1.29 is 9.90 Å². The van der Waals surface area contributed by atoms with Gasteiger partial charge in [0.15, 0.2) is 5.78 Å². The van der Waals surface area contributed by atoms with Gasteiger partial charge in [0.05, 0.1) is 12.4 Å². The van der Waals surface area contributed by atoms with Crippen molar-refractivity contribution in [3.05, 3.63) is 35.4 Å². The molecule has 1 rings (SSSR count). The van der Waals surface area contributed by atoms with Gasteiger partial charge in [-0.1, -0.05) is 18.2 Å². The average Bonchev–Trinajstić information content (AvgIpc) is 2.17. The second-order valence-corrected chi connectivity index (χ2v) is 2.76. The van der Waals surface area contributed by atoms with Crippen LogP contribution in [0.25, 0.3) is 0 Å². The molecule has 0 fully saturated rings. The number of rotatable bonds is 3. The molecule has 0 aliphatic heterocycles. The maximum atomic E-state index is 11.1. The highest BCUT2D eigenvalue weighted by atomic mass is 32.1. The molecule has 12 heavy (non-hydrogen) atoms. The van der Waals surface area contributed by atoms with E-state index in [0.29, 0.717) is 5.56 Å². The normalized spacial score (nSPS) is 9.83. The van der Waals surface area contributed by atoms with Crippen LogP contribution in [0.1, 0.15) is 15.9 Å². The summed E-state index contributed by atoms with van der Waals surface area (Å²) >= 11 is 3.88. The smallest absolute Gasteiger partial charge is 0.172 e. The Morgan fingerprint density at radius 1 is 1.50 bits per heavy atom. The van der Waals surface area contributed by atoms with Crippen LogP contribution in [0.15, 0.2) is 24.3 Å². The zero-order valence-electron chi connectivity index (χ0n) is 6.53. The van der Waals surface area contributed by atoms with Crippen LogP contribution in [0.3, 0.4) is 0 Å². The molecule has 0 amide bonds. The number of carbonyl (C=O) groups excluding carboxylic acids is 1. The van der Waals surface area contributed by atoms with Gasteiger partial charge < -0.3 is 5.11 Å². The van der Waals surface area contributed by atoms with Crippen molar-refractivity contribution in [1.29, 1.82) is 0 Å². The number of carbonyl (C=O) groups is 1. The predicted molar refractivity (Wildman–Crippen MR) is 50.5 cm³/mol. The minimum absolute atomic E-state index is 0.0198. The molecular formula is C9H10O2S. The first-order valence-corrected chi connectivity index (χ1v) is 4.25. The number of hydrogen-bond acceptors (Lipinski definition) is 3. The topological polar surface area (TPSA) is 37.3 Å². The minimum Gasteiger partial charge on any atom is -0.392 e. The highest BCUT2D eigenvalue weighted by molar-refractivity contribution is 7.81. The molecule has 1 aromatic carbocycles. The van der Waals surface area contributed by atoms with Crippen molar-refractivity contribution in [2.45, 2.75) is 6.61 Å². The molecule has 0 atom stereocenters. The van der Waals surface area contributed by atoms with Crippen molar-refractivity contribution >= 4 is 18.4 Å². The molecule has 0 saturated heterocycles. The summed E-state index contributed by atoms with van der Waals surface area (Å²) in [5.41, 5.74) is 1.36. The average molecular weight is 182 g/mol. The van der Waals surface area contributed by atoms with E-state index in [1.54, 1.807) is 24.3 Å². The van der Waals surface area contributed by atoms with Gasteiger partial charge in [0.25, 0.3) is 0 Å². The third-order valence-electron chi connectivity index (χ3n) is 1.58. The molecular weight excluding hydrogens is 172 g/mol. The third-order valence-corrected chi connectivity index (χ3v) is 1.86. The Hall–Kier alpha value is -0.800. The molecule has 1 aromatic rings. The quantitative estimate of drug-likeness (QED) is 0.546. The van der Waals surface area contributed by atoms with Crippen LogP contribution in [-0.4, -0.2) is 16.6 Å². The van der Waals surface area contributed by atoms with E-state index in [1.807, 2.05) is 0 Å². The van der Waals surface area contributed by atoms with Gasteiger partial charge in [0.1, 0.15) is 0 Å². The zero-order chi connectivity index (χ0) is 8.97. The van der Waals surface area contributed by atoms with Crippen LogP contribution < -0.4 is 0 Å². The number of aliphatic hydroxyl groups excluding tert-OH is 1. The Morgan fingerprint density at radius 2 is 2.25 bits per heavy atom. The lowest BCUT2D eigenvalue weighted by Crippen LogP contribution is -2.00. The molecule has 0 bridgehead atoms. The lowest BCUT2D eigenvalue weighted by Gasteiger charge is -1.99. The Labute approximate surface area is 76.6 Å². The monoisotopic (exact) mass is 182 g/mol. The first-order chi connectivity index (χ1) is 5.77. The highest BCUT2D eigenvalue weighted by Crippen LogP contribution is 2.06. The lowest BCUT2D eigenvalue weighted by atomic mass is 10.1. The largest absolute Gasteiger partial charge is 0.392 e. The Balaban J connectivity index is 2.93. The fourth-order valence-corrected chi connectivity index (χ4v) is 1.12. The number of ketones is 1. The van der Waals surface area contributed by atoms with Crippen LogP contribution in [0.2, 0.25) is 0 Å². The summed E-state index contributed by atoms with van der Waals surface area (Å²) in [7, 11) is 0. The van der Waals surface area contributed by atoms with Gasteiger partial charge in [-0.2, -0.15) is 12.6 Å². The molecule has 0 heterocycles. The van der Waals surface area contributed by atoms with E-state index < -0.39 is 0 Å². The molecule has 0 aromatic heterocycles. The van der Waals surface area contributed by atoms with E-state index in [9.17, 15) is 4.79 Å². The molecule has 0 aliphatic rings. The third kappa shape index (κ3) is 2.09. The van der Waals surface area contributed by atoms with E-state index in [4.69, 9.17) is 5.11 Å². The zero-order valence-corrected chi connectivity index (χ0v) is 7.42. The summed E-state index contributed by atoms with van der Waals surface area (Å²) < 4.78 is 0. The van der Waals surface area contributed by atoms with E-state index in [1.165, 1.54) is 0 Å².